The fourth-order valence-electron chi connectivity index (χ4n) is 5.61. The summed E-state index contributed by atoms with van der Waals surface area (Å²) >= 11 is 0. The largest absolute Gasteiger partial charge is 0.443 e. The maximum Gasteiger partial charge on any atom is 0.408 e. The Bertz CT molecular complexity index is 646. The molecule has 4 atom stereocenters. The summed E-state index contributed by atoms with van der Waals surface area (Å²) in [6.07, 6.45) is 6.59. The van der Waals surface area contributed by atoms with Crippen LogP contribution in [0.15, 0.2) is 11.6 Å². The lowest BCUT2D eigenvalue weighted by molar-refractivity contribution is -0.172. The number of nitrogens with one attached hydrogen (secondary N) is 1. The zero-order chi connectivity index (χ0) is 22.7. The second kappa shape index (κ2) is 9.77. The minimum Gasteiger partial charge on any atom is -0.443 e. The standard InChI is InChI=1S/C24H41NO6/c1-17(2)10-14-29-22(3,4)20-19(28-6)18(9-13-24(20)16-30-24)31-21(26)25-23(15-27-5)11-7-8-12-23/h10,18-20H,7-9,11-16H2,1-6H3,(H,25,26)/t18?,19?,20?,24-/m0/s1. The van der Waals surface area contributed by atoms with Gasteiger partial charge in [0.25, 0.3) is 0 Å². The van der Waals surface area contributed by atoms with Crippen molar-refractivity contribution in [3.63, 3.8) is 0 Å². The van der Waals surface area contributed by atoms with Crippen LogP contribution in [0.4, 0.5) is 4.79 Å². The number of allylic oxidation sites excluding steroid dienone is 1. The quantitative estimate of drug-likeness (QED) is 0.432. The molecule has 1 saturated heterocycles. The molecule has 178 valence electrons. The summed E-state index contributed by atoms with van der Waals surface area (Å²) in [6, 6.07) is 0. The number of amides is 1. The number of carbonyl (C=O) groups is 1. The van der Waals surface area contributed by atoms with Gasteiger partial charge in [-0.25, -0.2) is 4.79 Å². The summed E-state index contributed by atoms with van der Waals surface area (Å²) in [7, 11) is 3.36. The molecule has 7 heteroatoms. The summed E-state index contributed by atoms with van der Waals surface area (Å²) in [4.78, 5) is 12.9. The van der Waals surface area contributed by atoms with Gasteiger partial charge in [-0.1, -0.05) is 24.5 Å². The van der Waals surface area contributed by atoms with Gasteiger partial charge in [0, 0.05) is 20.1 Å². The molecule has 2 aliphatic carbocycles. The number of carbonyl (C=O) groups excluding carboxylic acids is 1. The van der Waals surface area contributed by atoms with Gasteiger partial charge in [-0.15, -0.1) is 0 Å². The monoisotopic (exact) mass is 439 g/mol. The number of hydrogen-bond donors (Lipinski definition) is 1. The third-order valence-corrected chi connectivity index (χ3v) is 7.20. The Labute approximate surface area is 187 Å². The van der Waals surface area contributed by atoms with Crippen molar-refractivity contribution in [3.05, 3.63) is 11.6 Å². The van der Waals surface area contributed by atoms with E-state index in [4.69, 9.17) is 23.7 Å². The normalized spacial score (nSPS) is 32.0. The van der Waals surface area contributed by atoms with E-state index < -0.39 is 5.60 Å². The number of hydrogen-bond acceptors (Lipinski definition) is 6. The van der Waals surface area contributed by atoms with Gasteiger partial charge < -0.3 is 29.0 Å². The van der Waals surface area contributed by atoms with Crippen molar-refractivity contribution in [1.29, 1.82) is 0 Å². The lowest BCUT2D eigenvalue weighted by Crippen LogP contribution is -2.59. The predicted octanol–water partition coefficient (Wildman–Crippen LogP) is 4.00. The molecule has 3 aliphatic rings. The minimum atomic E-state index is -0.496. The summed E-state index contributed by atoms with van der Waals surface area (Å²) in [6.45, 7) is 10.0. The van der Waals surface area contributed by atoms with Crippen LogP contribution >= 0.6 is 0 Å². The second-order valence-corrected chi connectivity index (χ2v) is 10.3. The van der Waals surface area contributed by atoms with Crippen LogP contribution in [0.5, 0.6) is 0 Å². The van der Waals surface area contributed by atoms with Gasteiger partial charge in [-0.05, 0) is 53.4 Å². The molecule has 1 N–H and O–H groups in total. The molecule has 0 aromatic carbocycles. The molecule has 1 amide bonds. The smallest absolute Gasteiger partial charge is 0.408 e. The third kappa shape index (κ3) is 5.62. The summed E-state index contributed by atoms with van der Waals surface area (Å²) < 4.78 is 29.5. The third-order valence-electron chi connectivity index (χ3n) is 7.20. The van der Waals surface area contributed by atoms with Gasteiger partial charge >= 0.3 is 6.09 Å². The van der Waals surface area contributed by atoms with E-state index in [1.54, 1.807) is 14.2 Å². The Morgan fingerprint density at radius 2 is 1.87 bits per heavy atom. The van der Waals surface area contributed by atoms with E-state index >= 15 is 0 Å². The van der Waals surface area contributed by atoms with Crippen molar-refractivity contribution in [2.24, 2.45) is 5.92 Å². The van der Waals surface area contributed by atoms with Crippen LogP contribution < -0.4 is 5.32 Å². The van der Waals surface area contributed by atoms with Crippen LogP contribution in [-0.4, -0.2) is 69.1 Å². The molecule has 0 aromatic heterocycles. The first kappa shape index (κ1) is 24.5. The van der Waals surface area contributed by atoms with E-state index in [9.17, 15) is 4.79 Å². The van der Waals surface area contributed by atoms with E-state index in [1.807, 2.05) is 0 Å². The van der Waals surface area contributed by atoms with Crippen LogP contribution in [0.2, 0.25) is 0 Å². The van der Waals surface area contributed by atoms with Crippen molar-refractivity contribution in [1.82, 2.24) is 5.32 Å². The highest BCUT2D eigenvalue weighted by atomic mass is 16.6. The Morgan fingerprint density at radius 1 is 1.19 bits per heavy atom. The molecule has 3 unspecified atom stereocenters. The van der Waals surface area contributed by atoms with Gasteiger partial charge in [-0.2, -0.15) is 0 Å². The highest BCUT2D eigenvalue weighted by Gasteiger charge is 2.64. The Kier molecular flexibility index (Phi) is 7.72. The van der Waals surface area contributed by atoms with Crippen LogP contribution in [-0.2, 0) is 23.7 Å². The van der Waals surface area contributed by atoms with Crippen molar-refractivity contribution >= 4 is 6.09 Å². The van der Waals surface area contributed by atoms with Crippen LogP contribution in [0.25, 0.3) is 0 Å². The first-order valence-corrected chi connectivity index (χ1v) is 11.6. The maximum absolute atomic E-state index is 12.9. The molecule has 0 radical (unpaired) electrons. The lowest BCUT2D eigenvalue weighted by Gasteiger charge is -2.47. The van der Waals surface area contributed by atoms with Gasteiger partial charge in [0.15, 0.2) is 0 Å². The zero-order valence-corrected chi connectivity index (χ0v) is 20.1. The molecule has 3 rings (SSSR count). The molecular weight excluding hydrogens is 398 g/mol. The van der Waals surface area contributed by atoms with Gasteiger partial charge in [0.05, 0.1) is 36.6 Å². The average molecular weight is 440 g/mol. The fraction of sp³-hybridized carbons (Fsp3) is 0.875. The fourth-order valence-corrected chi connectivity index (χ4v) is 5.61. The number of rotatable bonds is 9. The molecule has 3 fully saturated rings. The molecule has 1 aliphatic heterocycles. The van der Waals surface area contributed by atoms with Crippen LogP contribution in [0, 0.1) is 5.92 Å². The molecule has 31 heavy (non-hydrogen) atoms. The average Bonchev–Trinajstić information content (AvgIpc) is 3.31. The zero-order valence-electron chi connectivity index (χ0n) is 20.1. The van der Waals surface area contributed by atoms with Crippen LogP contribution in [0.1, 0.15) is 66.2 Å². The van der Waals surface area contributed by atoms with E-state index in [2.05, 4.69) is 39.1 Å². The molecule has 2 saturated carbocycles. The highest BCUT2D eigenvalue weighted by molar-refractivity contribution is 5.68. The highest BCUT2D eigenvalue weighted by Crippen LogP contribution is 2.52. The van der Waals surface area contributed by atoms with E-state index in [0.717, 1.165) is 32.1 Å². The van der Waals surface area contributed by atoms with E-state index in [-0.39, 0.29) is 35.4 Å². The van der Waals surface area contributed by atoms with E-state index in [0.29, 0.717) is 26.2 Å². The van der Waals surface area contributed by atoms with Crippen molar-refractivity contribution in [3.8, 4) is 0 Å². The molecule has 0 aromatic rings. The molecule has 0 bridgehead atoms. The van der Waals surface area contributed by atoms with Crippen molar-refractivity contribution in [2.75, 3.05) is 34.0 Å². The first-order valence-electron chi connectivity index (χ1n) is 11.6. The Hall–Kier alpha value is -1.15. The van der Waals surface area contributed by atoms with Gasteiger partial charge in [0.2, 0.25) is 0 Å². The molecule has 1 spiro atoms. The van der Waals surface area contributed by atoms with Crippen LogP contribution in [0.3, 0.4) is 0 Å². The topological polar surface area (TPSA) is 78.6 Å². The minimum absolute atomic E-state index is 0.0403. The number of ether oxygens (including phenoxy) is 5. The van der Waals surface area contributed by atoms with Crippen molar-refractivity contribution < 1.29 is 28.5 Å². The SMILES string of the molecule is COCC1(NC(=O)OC2CC[C@]3(CO3)C(C(C)(C)OCC=C(C)C)C2OC)CCCC1. The Morgan fingerprint density at radius 3 is 2.42 bits per heavy atom. The Balaban J connectivity index is 1.70. The van der Waals surface area contributed by atoms with E-state index in [1.165, 1.54) is 5.57 Å². The summed E-state index contributed by atoms with van der Waals surface area (Å²) in [5.41, 5.74) is 0.143. The lowest BCUT2D eigenvalue weighted by atomic mass is 9.68. The number of alkyl carbamates (subject to hydrolysis) is 1. The molecular formula is C24H41NO6. The first-order chi connectivity index (χ1) is 14.7. The van der Waals surface area contributed by atoms with Gasteiger partial charge in [0.1, 0.15) is 12.2 Å². The van der Waals surface area contributed by atoms with Gasteiger partial charge in [-0.3, -0.25) is 0 Å². The summed E-state index contributed by atoms with van der Waals surface area (Å²) in [5, 5.41) is 3.11. The molecule has 7 nitrogen and oxygen atoms in total. The second-order valence-electron chi connectivity index (χ2n) is 10.3. The molecule has 1 heterocycles. The number of methoxy groups -OCH3 is 2. The number of epoxide rings is 1. The summed E-state index contributed by atoms with van der Waals surface area (Å²) in [5.74, 6) is -0.0403. The maximum atomic E-state index is 12.9. The predicted molar refractivity (Wildman–Crippen MR) is 118 cm³/mol. The van der Waals surface area contributed by atoms with Crippen molar-refractivity contribution in [2.45, 2.75) is 95.2 Å².